The summed E-state index contributed by atoms with van der Waals surface area (Å²) in [6.07, 6.45) is 3.23. The van der Waals surface area contributed by atoms with Crippen LogP contribution in [0.1, 0.15) is 43.0 Å². The first-order valence-corrected chi connectivity index (χ1v) is 9.08. The van der Waals surface area contributed by atoms with Crippen molar-refractivity contribution in [3.05, 3.63) is 29.8 Å². The minimum atomic E-state index is -0.521. The SMILES string of the molecule is CCOC(=O)c1ccc(NC(=O)C[C@@H]2C(=O)OC[C@H]3CCCCN32)cc1. The molecule has 0 aromatic heterocycles. The number of carbonyl (C=O) groups excluding carboxylic acids is 3. The maximum Gasteiger partial charge on any atom is 0.338 e. The molecule has 2 aliphatic heterocycles. The second-order valence-electron chi connectivity index (χ2n) is 6.58. The summed E-state index contributed by atoms with van der Waals surface area (Å²) in [5.41, 5.74) is 0.999. The first-order valence-electron chi connectivity index (χ1n) is 9.08. The zero-order valence-electron chi connectivity index (χ0n) is 14.9. The Morgan fingerprint density at radius 1 is 1.27 bits per heavy atom. The monoisotopic (exact) mass is 360 g/mol. The quantitative estimate of drug-likeness (QED) is 0.808. The molecule has 2 atom stereocenters. The minimum absolute atomic E-state index is 0.0644. The van der Waals surface area contributed by atoms with Gasteiger partial charge in [-0.15, -0.1) is 0 Å². The van der Waals surface area contributed by atoms with Gasteiger partial charge in [0.15, 0.2) is 0 Å². The molecular weight excluding hydrogens is 336 g/mol. The highest BCUT2D eigenvalue weighted by Gasteiger charge is 2.40. The molecule has 2 aliphatic rings. The van der Waals surface area contributed by atoms with E-state index in [1.165, 1.54) is 0 Å². The number of piperidine rings is 1. The highest BCUT2D eigenvalue weighted by molar-refractivity contribution is 5.95. The number of ether oxygens (including phenoxy) is 2. The molecule has 3 rings (SSSR count). The third kappa shape index (κ3) is 4.22. The van der Waals surface area contributed by atoms with Crippen LogP contribution in [0.2, 0.25) is 0 Å². The number of nitrogens with zero attached hydrogens (tertiary/aromatic N) is 1. The Morgan fingerprint density at radius 2 is 2.04 bits per heavy atom. The van der Waals surface area contributed by atoms with Crippen LogP contribution in [-0.4, -0.2) is 54.6 Å². The van der Waals surface area contributed by atoms with E-state index in [-0.39, 0.29) is 24.3 Å². The van der Waals surface area contributed by atoms with E-state index in [9.17, 15) is 14.4 Å². The number of anilines is 1. The minimum Gasteiger partial charge on any atom is -0.463 e. The number of fused-ring (bicyclic) bond motifs is 1. The Morgan fingerprint density at radius 3 is 2.77 bits per heavy atom. The molecule has 1 aromatic rings. The van der Waals surface area contributed by atoms with Gasteiger partial charge in [0.1, 0.15) is 12.6 Å². The van der Waals surface area contributed by atoms with Gasteiger partial charge in [-0.25, -0.2) is 4.79 Å². The molecule has 2 fully saturated rings. The molecule has 26 heavy (non-hydrogen) atoms. The average molecular weight is 360 g/mol. The summed E-state index contributed by atoms with van der Waals surface area (Å²) in [6.45, 7) is 3.31. The van der Waals surface area contributed by atoms with E-state index in [1.807, 2.05) is 0 Å². The van der Waals surface area contributed by atoms with E-state index < -0.39 is 12.0 Å². The lowest BCUT2D eigenvalue weighted by Crippen LogP contribution is -2.57. The van der Waals surface area contributed by atoms with Gasteiger partial charge in [0.25, 0.3) is 0 Å². The Balaban J connectivity index is 1.59. The van der Waals surface area contributed by atoms with Crippen molar-refractivity contribution < 1.29 is 23.9 Å². The van der Waals surface area contributed by atoms with Crippen LogP contribution in [0.3, 0.4) is 0 Å². The number of amides is 1. The van der Waals surface area contributed by atoms with Gasteiger partial charge in [-0.1, -0.05) is 6.42 Å². The number of carbonyl (C=O) groups is 3. The van der Waals surface area contributed by atoms with E-state index in [4.69, 9.17) is 9.47 Å². The van der Waals surface area contributed by atoms with Crippen LogP contribution in [0.25, 0.3) is 0 Å². The number of hydrogen-bond acceptors (Lipinski definition) is 6. The van der Waals surface area contributed by atoms with Crippen LogP contribution in [0.4, 0.5) is 5.69 Å². The van der Waals surface area contributed by atoms with E-state index in [2.05, 4.69) is 10.2 Å². The highest BCUT2D eigenvalue weighted by Crippen LogP contribution is 2.26. The summed E-state index contributed by atoms with van der Waals surface area (Å²) < 4.78 is 10.2. The third-order valence-electron chi connectivity index (χ3n) is 4.82. The van der Waals surface area contributed by atoms with Gasteiger partial charge >= 0.3 is 11.9 Å². The fourth-order valence-corrected chi connectivity index (χ4v) is 3.51. The zero-order valence-corrected chi connectivity index (χ0v) is 14.9. The number of cyclic esters (lactones) is 1. The van der Waals surface area contributed by atoms with Crippen molar-refractivity contribution in [3.8, 4) is 0 Å². The topological polar surface area (TPSA) is 84.9 Å². The lowest BCUT2D eigenvalue weighted by molar-refractivity contribution is -0.165. The van der Waals surface area contributed by atoms with Crippen LogP contribution in [0.5, 0.6) is 0 Å². The van der Waals surface area contributed by atoms with E-state index in [0.29, 0.717) is 24.5 Å². The first-order chi connectivity index (χ1) is 12.6. The predicted molar refractivity (Wildman–Crippen MR) is 94.7 cm³/mol. The van der Waals surface area contributed by atoms with Crippen molar-refractivity contribution in [2.75, 3.05) is 25.1 Å². The fourth-order valence-electron chi connectivity index (χ4n) is 3.51. The second-order valence-corrected chi connectivity index (χ2v) is 6.58. The Kier molecular flexibility index (Phi) is 5.88. The van der Waals surface area contributed by atoms with Gasteiger partial charge in [-0.2, -0.15) is 0 Å². The smallest absolute Gasteiger partial charge is 0.338 e. The van der Waals surface area contributed by atoms with Crippen molar-refractivity contribution in [2.45, 2.75) is 44.7 Å². The van der Waals surface area contributed by atoms with Gasteiger partial charge in [0.2, 0.25) is 5.91 Å². The molecule has 1 amide bonds. The summed E-state index contributed by atoms with van der Waals surface area (Å²) in [5, 5.41) is 2.78. The summed E-state index contributed by atoms with van der Waals surface area (Å²) in [6, 6.07) is 6.20. The molecule has 0 radical (unpaired) electrons. The van der Waals surface area contributed by atoms with Crippen molar-refractivity contribution in [2.24, 2.45) is 0 Å². The highest BCUT2D eigenvalue weighted by atomic mass is 16.5. The molecule has 7 heteroatoms. The molecule has 0 bridgehead atoms. The average Bonchev–Trinajstić information content (AvgIpc) is 2.65. The Hall–Kier alpha value is -2.41. The van der Waals surface area contributed by atoms with Gasteiger partial charge in [-0.3, -0.25) is 14.5 Å². The van der Waals surface area contributed by atoms with Crippen LogP contribution in [-0.2, 0) is 19.1 Å². The van der Waals surface area contributed by atoms with Crippen molar-refractivity contribution in [3.63, 3.8) is 0 Å². The predicted octanol–water partition coefficient (Wildman–Crippen LogP) is 1.97. The maximum absolute atomic E-state index is 12.4. The number of esters is 2. The second kappa shape index (κ2) is 8.31. The van der Waals surface area contributed by atoms with Gasteiger partial charge in [0.05, 0.1) is 18.6 Å². The molecule has 2 heterocycles. The normalized spacial score (nSPS) is 22.9. The molecule has 1 N–H and O–H groups in total. The summed E-state index contributed by atoms with van der Waals surface area (Å²) in [5.74, 6) is -0.968. The Labute approximate surface area is 152 Å². The lowest BCUT2D eigenvalue weighted by Gasteiger charge is -2.43. The van der Waals surface area contributed by atoms with Crippen molar-refractivity contribution in [1.29, 1.82) is 0 Å². The standard InChI is InChI=1S/C19H24N2O5/c1-2-25-18(23)13-6-8-14(9-7-13)20-17(22)11-16-19(24)26-12-15-5-3-4-10-21(15)16/h6-9,15-16H,2-5,10-12H2,1H3,(H,20,22)/t15-,16-/m1/s1. The summed E-state index contributed by atoms with van der Waals surface area (Å²) in [4.78, 5) is 38.3. The molecular formula is C19H24N2O5. The van der Waals surface area contributed by atoms with E-state index >= 15 is 0 Å². The number of nitrogens with one attached hydrogen (secondary N) is 1. The van der Waals surface area contributed by atoms with Crippen LogP contribution in [0.15, 0.2) is 24.3 Å². The lowest BCUT2D eigenvalue weighted by atomic mass is 9.97. The van der Waals surface area contributed by atoms with Gasteiger partial charge < -0.3 is 14.8 Å². The molecule has 0 spiro atoms. The molecule has 140 valence electrons. The van der Waals surface area contributed by atoms with E-state index in [0.717, 1.165) is 25.8 Å². The number of hydrogen-bond donors (Lipinski definition) is 1. The van der Waals surface area contributed by atoms with Crippen LogP contribution >= 0.6 is 0 Å². The molecule has 0 unspecified atom stereocenters. The van der Waals surface area contributed by atoms with E-state index in [1.54, 1.807) is 31.2 Å². The van der Waals surface area contributed by atoms with Gasteiger partial charge in [-0.05, 0) is 50.6 Å². The van der Waals surface area contributed by atoms with Crippen LogP contribution < -0.4 is 5.32 Å². The number of morpholine rings is 1. The van der Waals surface area contributed by atoms with Crippen molar-refractivity contribution >= 4 is 23.5 Å². The summed E-state index contributed by atoms with van der Waals surface area (Å²) in [7, 11) is 0. The molecule has 1 aromatic carbocycles. The first kappa shape index (κ1) is 18.4. The zero-order chi connectivity index (χ0) is 18.5. The fraction of sp³-hybridized carbons (Fsp3) is 0.526. The van der Waals surface area contributed by atoms with Crippen molar-refractivity contribution in [1.82, 2.24) is 4.90 Å². The third-order valence-corrected chi connectivity index (χ3v) is 4.82. The number of rotatable bonds is 5. The molecule has 0 aliphatic carbocycles. The Bertz CT molecular complexity index is 673. The molecule has 2 saturated heterocycles. The largest absolute Gasteiger partial charge is 0.463 e. The molecule has 7 nitrogen and oxygen atoms in total. The van der Waals surface area contributed by atoms with Gasteiger partial charge in [0, 0.05) is 11.7 Å². The number of benzene rings is 1. The maximum atomic E-state index is 12.4. The van der Waals surface area contributed by atoms with Crippen LogP contribution in [0, 0.1) is 0 Å². The molecule has 0 saturated carbocycles. The summed E-state index contributed by atoms with van der Waals surface area (Å²) >= 11 is 0.